The van der Waals surface area contributed by atoms with Crippen LogP contribution in [0.2, 0.25) is 0 Å². The van der Waals surface area contributed by atoms with E-state index in [1.165, 1.54) is 11.3 Å². The van der Waals surface area contributed by atoms with Crippen LogP contribution >= 0.6 is 11.3 Å². The molecule has 2 heterocycles. The Bertz CT molecular complexity index is 411. The van der Waals surface area contributed by atoms with Crippen molar-refractivity contribution < 1.29 is 14.6 Å². The van der Waals surface area contributed by atoms with Crippen LogP contribution in [0.1, 0.15) is 29.3 Å². The maximum atomic E-state index is 10.7. The van der Waals surface area contributed by atoms with Gasteiger partial charge in [0.25, 0.3) is 0 Å². The molecule has 0 saturated carbocycles. The second-order valence-electron chi connectivity index (χ2n) is 4.70. The summed E-state index contributed by atoms with van der Waals surface area (Å²) in [5.74, 6) is -0.953. The number of aromatic nitrogens is 1. The quantitative estimate of drug-likeness (QED) is 0.898. The molecule has 0 aliphatic carbocycles. The van der Waals surface area contributed by atoms with Crippen molar-refractivity contribution in [3.8, 4) is 0 Å². The molecule has 1 aromatic heterocycles. The SMILES string of the molecule is CC1CN(CCc2nc(C(=O)O)cs2)CC(C)O1. The first kappa shape index (κ1) is 13.5. The summed E-state index contributed by atoms with van der Waals surface area (Å²) in [5, 5.41) is 11.3. The Hall–Kier alpha value is -0.980. The van der Waals surface area contributed by atoms with Gasteiger partial charge in [-0.25, -0.2) is 9.78 Å². The van der Waals surface area contributed by atoms with Crippen molar-refractivity contribution in [2.45, 2.75) is 32.5 Å². The van der Waals surface area contributed by atoms with Crippen LogP contribution in [-0.4, -0.2) is 52.8 Å². The summed E-state index contributed by atoms with van der Waals surface area (Å²) >= 11 is 1.42. The monoisotopic (exact) mass is 270 g/mol. The normalized spacial score (nSPS) is 25.2. The maximum Gasteiger partial charge on any atom is 0.355 e. The van der Waals surface area contributed by atoms with Crippen molar-refractivity contribution >= 4 is 17.3 Å². The Labute approximate surface area is 110 Å². The summed E-state index contributed by atoms with van der Waals surface area (Å²) < 4.78 is 5.67. The maximum absolute atomic E-state index is 10.7. The zero-order valence-corrected chi connectivity index (χ0v) is 11.4. The minimum atomic E-state index is -0.953. The predicted octanol–water partition coefficient (Wildman–Crippen LogP) is 1.49. The first-order chi connectivity index (χ1) is 8.54. The molecule has 100 valence electrons. The molecular formula is C12H18N2O3S. The molecule has 1 N–H and O–H groups in total. The van der Waals surface area contributed by atoms with Gasteiger partial charge in [-0.15, -0.1) is 11.3 Å². The average Bonchev–Trinajstić information content (AvgIpc) is 2.73. The highest BCUT2D eigenvalue weighted by molar-refractivity contribution is 7.09. The van der Waals surface area contributed by atoms with E-state index in [0.717, 1.165) is 31.1 Å². The zero-order chi connectivity index (χ0) is 13.1. The summed E-state index contributed by atoms with van der Waals surface area (Å²) in [4.78, 5) is 17.2. The van der Waals surface area contributed by atoms with Crippen LogP contribution in [0, 0.1) is 0 Å². The summed E-state index contributed by atoms with van der Waals surface area (Å²) in [6.45, 7) is 6.93. The van der Waals surface area contributed by atoms with Gasteiger partial charge >= 0.3 is 5.97 Å². The van der Waals surface area contributed by atoms with Gasteiger partial charge in [0.15, 0.2) is 5.69 Å². The van der Waals surface area contributed by atoms with Gasteiger partial charge in [-0.05, 0) is 13.8 Å². The number of hydrogen-bond donors (Lipinski definition) is 1. The third-order valence-electron chi connectivity index (χ3n) is 2.91. The minimum Gasteiger partial charge on any atom is -0.476 e. The number of carbonyl (C=O) groups is 1. The smallest absolute Gasteiger partial charge is 0.355 e. The third kappa shape index (κ3) is 3.51. The molecule has 18 heavy (non-hydrogen) atoms. The second-order valence-corrected chi connectivity index (χ2v) is 5.64. The predicted molar refractivity (Wildman–Crippen MR) is 69.2 cm³/mol. The lowest BCUT2D eigenvalue weighted by atomic mass is 10.2. The number of ether oxygens (including phenoxy) is 1. The van der Waals surface area contributed by atoms with E-state index in [1.807, 2.05) is 0 Å². The average molecular weight is 270 g/mol. The molecule has 0 spiro atoms. The van der Waals surface area contributed by atoms with Crippen molar-refractivity contribution in [3.63, 3.8) is 0 Å². The van der Waals surface area contributed by atoms with Crippen molar-refractivity contribution in [1.82, 2.24) is 9.88 Å². The molecule has 0 bridgehead atoms. The van der Waals surface area contributed by atoms with E-state index in [0.29, 0.717) is 0 Å². The van der Waals surface area contributed by atoms with Crippen molar-refractivity contribution in [2.24, 2.45) is 0 Å². The van der Waals surface area contributed by atoms with Crippen LogP contribution in [0.15, 0.2) is 5.38 Å². The summed E-state index contributed by atoms with van der Waals surface area (Å²) in [7, 11) is 0. The number of carboxylic acids is 1. The van der Waals surface area contributed by atoms with E-state index < -0.39 is 5.97 Å². The third-order valence-corrected chi connectivity index (χ3v) is 3.82. The van der Waals surface area contributed by atoms with Gasteiger partial charge in [0, 0.05) is 31.4 Å². The topological polar surface area (TPSA) is 62.7 Å². The van der Waals surface area contributed by atoms with Crippen LogP contribution in [0.4, 0.5) is 0 Å². The molecule has 2 atom stereocenters. The molecule has 2 rings (SSSR count). The summed E-state index contributed by atoms with van der Waals surface area (Å²) in [6, 6.07) is 0. The van der Waals surface area contributed by atoms with Gasteiger partial charge in [0.2, 0.25) is 0 Å². The van der Waals surface area contributed by atoms with E-state index in [2.05, 4.69) is 23.7 Å². The molecule has 1 aliphatic rings. The van der Waals surface area contributed by atoms with E-state index in [4.69, 9.17) is 9.84 Å². The molecule has 5 nitrogen and oxygen atoms in total. The van der Waals surface area contributed by atoms with Crippen molar-refractivity contribution in [1.29, 1.82) is 0 Å². The Morgan fingerprint density at radius 1 is 1.56 bits per heavy atom. The van der Waals surface area contributed by atoms with Gasteiger partial charge in [0.1, 0.15) is 0 Å². The Morgan fingerprint density at radius 3 is 2.78 bits per heavy atom. The van der Waals surface area contributed by atoms with Crippen LogP contribution in [0.25, 0.3) is 0 Å². The Balaban J connectivity index is 1.85. The van der Waals surface area contributed by atoms with Gasteiger partial charge < -0.3 is 9.84 Å². The zero-order valence-electron chi connectivity index (χ0n) is 10.6. The second kappa shape index (κ2) is 5.77. The number of rotatable bonds is 4. The van der Waals surface area contributed by atoms with Crippen molar-refractivity contribution in [2.75, 3.05) is 19.6 Å². The fraction of sp³-hybridized carbons (Fsp3) is 0.667. The molecular weight excluding hydrogens is 252 g/mol. The van der Waals surface area contributed by atoms with Crippen LogP contribution in [0.5, 0.6) is 0 Å². The largest absolute Gasteiger partial charge is 0.476 e. The molecule has 1 fully saturated rings. The number of thiazole rings is 1. The Morgan fingerprint density at radius 2 is 2.22 bits per heavy atom. The fourth-order valence-corrected chi connectivity index (χ4v) is 3.01. The molecule has 2 unspecified atom stereocenters. The fourth-order valence-electron chi connectivity index (χ4n) is 2.24. The number of hydrogen-bond acceptors (Lipinski definition) is 5. The van der Waals surface area contributed by atoms with E-state index >= 15 is 0 Å². The molecule has 0 amide bonds. The first-order valence-corrected chi connectivity index (χ1v) is 6.98. The van der Waals surface area contributed by atoms with Crippen molar-refractivity contribution in [3.05, 3.63) is 16.1 Å². The molecule has 1 saturated heterocycles. The van der Waals surface area contributed by atoms with E-state index in [-0.39, 0.29) is 17.9 Å². The highest BCUT2D eigenvalue weighted by Crippen LogP contribution is 2.14. The first-order valence-electron chi connectivity index (χ1n) is 6.10. The number of morpholine rings is 1. The lowest BCUT2D eigenvalue weighted by Crippen LogP contribution is -2.46. The lowest BCUT2D eigenvalue weighted by molar-refractivity contribution is -0.0675. The highest BCUT2D eigenvalue weighted by Gasteiger charge is 2.22. The van der Waals surface area contributed by atoms with Crippen LogP contribution in [0.3, 0.4) is 0 Å². The lowest BCUT2D eigenvalue weighted by Gasteiger charge is -2.35. The molecule has 1 aliphatic heterocycles. The highest BCUT2D eigenvalue weighted by atomic mass is 32.1. The Kier molecular flexibility index (Phi) is 4.31. The van der Waals surface area contributed by atoms with Gasteiger partial charge in [-0.1, -0.05) is 0 Å². The molecule has 1 aromatic rings. The van der Waals surface area contributed by atoms with Gasteiger partial charge in [-0.2, -0.15) is 0 Å². The van der Waals surface area contributed by atoms with Gasteiger partial charge in [0.05, 0.1) is 17.2 Å². The summed E-state index contributed by atoms with van der Waals surface area (Å²) in [6.07, 6.45) is 1.33. The van der Waals surface area contributed by atoms with E-state index in [9.17, 15) is 4.79 Å². The van der Waals surface area contributed by atoms with Gasteiger partial charge in [-0.3, -0.25) is 4.90 Å². The number of carboxylic acid groups (broad SMARTS) is 1. The molecule has 6 heteroatoms. The molecule has 0 aromatic carbocycles. The van der Waals surface area contributed by atoms with E-state index in [1.54, 1.807) is 5.38 Å². The van der Waals surface area contributed by atoms with Crippen LogP contribution < -0.4 is 0 Å². The summed E-state index contributed by atoms with van der Waals surface area (Å²) in [5.41, 5.74) is 0.152. The van der Waals surface area contributed by atoms with Crippen LogP contribution in [-0.2, 0) is 11.2 Å². The minimum absolute atomic E-state index is 0.152. The molecule has 0 radical (unpaired) electrons. The number of nitrogens with zero attached hydrogens (tertiary/aromatic N) is 2. The standard InChI is InChI=1S/C12H18N2O3S/c1-8-5-14(6-9(2)17-8)4-3-11-13-10(7-18-11)12(15)16/h7-9H,3-6H2,1-2H3,(H,15,16). The number of aromatic carboxylic acids is 1.